The summed E-state index contributed by atoms with van der Waals surface area (Å²) in [6.45, 7) is 4.89. The molecule has 3 aromatic rings. The lowest BCUT2D eigenvalue weighted by Crippen LogP contribution is -2.15. The molecule has 7 heteroatoms. The number of nitrogens with one attached hydrogen (secondary N) is 1. The Balaban J connectivity index is 2.02. The van der Waals surface area contributed by atoms with Crippen molar-refractivity contribution in [2.75, 3.05) is 5.32 Å². The van der Waals surface area contributed by atoms with Crippen LogP contribution >= 0.6 is 0 Å². The second-order valence-corrected chi connectivity index (χ2v) is 6.91. The molecule has 4 nitrogen and oxygen atoms in total. The molecule has 0 aliphatic heterocycles. The lowest BCUT2D eigenvalue weighted by molar-refractivity contribution is -0.137. The van der Waals surface area contributed by atoms with Gasteiger partial charge in [0.15, 0.2) is 0 Å². The van der Waals surface area contributed by atoms with Crippen LogP contribution in [0.15, 0.2) is 48.5 Å². The number of carbonyl (C=O) groups is 1. The molecule has 0 unspecified atom stereocenters. The predicted octanol–water partition coefficient (Wildman–Crippen LogP) is 5.17. The minimum atomic E-state index is -4.51. The van der Waals surface area contributed by atoms with Crippen molar-refractivity contribution in [3.8, 4) is 5.69 Å². The van der Waals surface area contributed by atoms with Crippen molar-refractivity contribution < 1.29 is 23.1 Å². The Labute approximate surface area is 166 Å². The van der Waals surface area contributed by atoms with Crippen molar-refractivity contribution in [2.45, 2.75) is 33.6 Å². The highest BCUT2D eigenvalue weighted by Gasteiger charge is 2.34. The number of aryl methyl sites for hydroxylation is 2. The van der Waals surface area contributed by atoms with E-state index in [1.807, 2.05) is 6.92 Å². The van der Waals surface area contributed by atoms with E-state index in [9.17, 15) is 23.1 Å². The zero-order chi connectivity index (χ0) is 21.3. The van der Waals surface area contributed by atoms with Crippen LogP contribution in [0.5, 0.6) is 0 Å². The molecule has 1 amide bonds. The number of aromatic nitrogens is 1. The quantitative estimate of drug-likeness (QED) is 0.633. The average Bonchev–Trinajstić information content (AvgIpc) is 2.96. The maximum atomic E-state index is 13.5. The molecule has 0 fully saturated rings. The lowest BCUT2D eigenvalue weighted by atomic mass is 10.1. The average molecular weight is 402 g/mol. The van der Waals surface area contributed by atoms with Gasteiger partial charge in [-0.3, -0.25) is 4.79 Å². The number of aliphatic hydroxyl groups excluding tert-OH is 1. The molecule has 0 saturated heterocycles. The number of alkyl halides is 3. The van der Waals surface area contributed by atoms with Crippen LogP contribution in [-0.4, -0.2) is 15.6 Å². The first kappa shape index (κ1) is 20.7. The van der Waals surface area contributed by atoms with Gasteiger partial charge in [0.1, 0.15) is 0 Å². The summed E-state index contributed by atoms with van der Waals surface area (Å²) in [5.74, 6) is -0.451. The largest absolute Gasteiger partial charge is 0.418 e. The van der Waals surface area contributed by atoms with E-state index in [2.05, 4.69) is 5.32 Å². The van der Waals surface area contributed by atoms with Gasteiger partial charge in [-0.1, -0.05) is 29.8 Å². The minimum Gasteiger partial charge on any atom is -0.392 e. The zero-order valence-corrected chi connectivity index (χ0v) is 16.3. The normalized spacial score (nSPS) is 11.6. The van der Waals surface area contributed by atoms with Gasteiger partial charge in [-0.05, 0) is 45.0 Å². The molecule has 0 spiro atoms. The van der Waals surface area contributed by atoms with Gasteiger partial charge in [0.25, 0.3) is 5.91 Å². The minimum absolute atomic E-state index is 0.0274. The van der Waals surface area contributed by atoms with Gasteiger partial charge in [0.05, 0.1) is 23.4 Å². The van der Waals surface area contributed by atoms with Gasteiger partial charge in [-0.15, -0.1) is 0 Å². The van der Waals surface area contributed by atoms with E-state index < -0.39 is 17.6 Å². The van der Waals surface area contributed by atoms with Crippen molar-refractivity contribution in [1.82, 2.24) is 4.57 Å². The molecule has 1 heterocycles. The van der Waals surface area contributed by atoms with E-state index in [1.165, 1.54) is 22.8 Å². The second-order valence-electron chi connectivity index (χ2n) is 6.91. The van der Waals surface area contributed by atoms with Gasteiger partial charge in [0, 0.05) is 22.6 Å². The number of anilines is 1. The van der Waals surface area contributed by atoms with Crippen molar-refractivity contribution in [2.24, 2.45) is 0 Å². The third-order valence-electron chi connectivity index (χ3n) is 4.81. The zero-order valence-electron chi connectivity index (χ0n) is 16.3. The summed E-state index contributed by atoms with van der Waals surface area (Å²) in [4.78, 5) is 12.8. The van der Waals surface area contributed by atoms with Crippen molar-refractivity contribution >= 4 is 11.6 Å². The van der Waals surface area contributed by atoms with Crippen molar-refractivity contribution in [1.29, 1.82) is 0 Å². The highest BCUT2D eigenvalue weighted by atomic mass is 19.4. The van der Waals surface area contributed by atoms with Crippen LogP contribution < -0.4 is 5.32 Å². The van der Waals surface area contributed by atoms with E-state index >= 15 is 0 Å². The second kappa shape index (κ2) is 7.75. The summed E-state index contributed by atoms with van der Waals surface area (Å²) in [5, 5.41) is 12.3. The molecule has 0 radical (unpaired) electrons. The Morgan fingerprint density at radius 3 is 2.41 bits per heavy atom. The molecule has 1 aromatic heterocycles. The molecule has 152 valence electrons. The molecule has 2 aromatic carbocycles. The summed E-state index contributed by atoms with van der Waals surface area (Å²) < 4.78 is 41.8. The summed E-state index contributed by atoms with van der Waals surface area (Å²) in [6.07, 6.45) is -4.51. The number of nitrogens with zero attached hydrogens (tertiary/aromatic N) is 1. The molecule has 3 rings (SSSR count). The highest BCUT2D eigenvalue weighted by molar-refractivity contribution is 6.05. The SMILES string of the molecule is Cc1ccc(NC(=O)c2cc(C)n(-c3ccccc3C(F)(F)F)c2C)c(CO)c1. The van der Waals surface area contributed by atoms with Gasteiger partial charge in [-0.2, -0.15) is 13.2 Å². The number of amides is 1. The van der Waals surface area contributed by atoms with Gasteiger partial charge in [-0.25, -0.2) is 0 Å². The standard InChI is InChI=1S/C22H21F3N2O2/c1-13-8-9-19(16(10-13)12-28)26-21(29)17-11-14(2)27(15(17)3)20-7-5-4-6-18(20)22(23,24)25/h4-11,28H,12H2,1-3H3,(H,26,29). The van der Waals surface area contributed by atoms with E-state index in [0.29, 0.717) is 22.6 Å². The monoisotopic (exact) mass is 402 g/mol. The van der Waals surface area contributed by atoms with Gasteiger partial charge in [0.2, 0.25) is 0 Å². The van der Waals surface area contributed by atoms with Crippen LogP contribution in [0.2, 0.25) is 0 Å². The number of hydrogen-bond donors (Lipinski definition) is 2. The van der Waals surface area contributed by atoms with E-state index in [-0.39, 0.29) is 17.9 Å². The molecule has 0 aliphatic rings. The fraction of sp³-hybridized carbons (Fsp3) is 0.227. The summed E-state index contributed by atoms with van der Waals surface area (Å²) in [5.41, 5.74) is 2.34. The number of carbonyl (C=O) groups excluding carboxylic acids is 1. The van der Waals surface area contributed by atoms with Crippen LogP contribution in [0.1, 0.15) is 38.4 Å². The number of hydrogen-bond acceptors (Lipinski definition) is 2. The van der Waals surface area contributed by atoms with E-state index in [0.717, 1.165) is 11.6 Å². The van der Waals surface area contributed by atoms with Crippen molar-refractivity contribution in [3.63, 3.8) is 0 Å². The Morgan fingerprint density at radius 2 is 1.76 bits per heavy atom. The topological polar surface area (TPSA) is 54.3 Å². The molecule has 0 bridgehead atoms. The van der Waals surface area contributed by atoms with Crippen molar-refractivity contribution in [3.05, 3.63) is 82.2 Å². The van der Waals surface area contributed by atoms with Gasteiger partial charge < -0.3 is 15.0 Å². The fourth-order valence-corrected chi connectivity index (χ4v) is 3.44. The lowest BCUT2D eigenvalue weighted by Gasteiger charge is -2.17. The highest BCUT2D eigenvalue weighted by Crippen LogP contribution is 2.35. The number of benzene rings is 2. The van der Waals surface area contributed by atoms with E-state index in [1.54, 1.807) is 38.1 Å². The molecule has 2 N–H and O–H groups in total. The summed E-state index contributed by atoms with van der Waals surface area (Å²) >= 11 is 0. The Morgan fingerprint density at radius 1 is 1.07 bits per heavy atom. The third kappa shape index (κ3) is 4.05. The smallest absolute Gasteiger partial charge is 0.392 e. The van der Waals surface area contributed by atoms with Crippen LogP contribution in [-0.2, 0) is 12.8 Å². The molecular weight excluding hydrogens is 381 g/mol. The Kier molecular flexibility index (Phi) is 5.53. The predicted molar refractivity (Wildman–Crippen MR) is 105 cm³/mol. The maximum Gasteiger partial charge on any atom is 0.418 e. The van der Waals surface area contributed by atoms with E-state index in [4.69, 9.17) is 0 Å². The first-order chi connectivity index (χ1) is 13.6. The number of halogens is 3. The van der Waals surface area contributed by atoms with Crippen LogP contribution in [0, 0.1) is 20.8 Å². The molecule has 29 heavy (non-hydrogen) atoms. The fourth-order valence-electron chi connectivity index (χ4n) is 3.44. The number of para-hydroxylation sites is 1. The van der Waals surface area contributed by atoms with Crippen LogP contribution in [0.25, 0.3) is 5.69 Å². The number of rotatable bonds is 4. The summed E-state index contributed by atoms with van der Waals surface area (Å²) in [6, 6.07) is 12.1. The first-order valence-electron chi connectivity index (χ1n) is 9.00. The number of aliphatic hydroxyl groups is 1. The molecule has 0 atom stereocenters. The maximum absolute atomic E-state index is 13.5. The first-order valence-corrected chi connectivity index (χ1v) is 9.00. The Bertz CT molecular complexity index is 1070. The molecular formula is C22H21F3N2O2. The molecule has 0 saturated carbocycles. The molecule has 0 aliphatic carbocycles. The van der Waals surface area contributed by atoms with Crippen LogP contribution in [0.3, 0.4) is 0 Å². The Hall–Kier alpha value is -3.06. The third-order valence-corrected chi connectivity index (χ3v) is 4.81. The summed E-state index contributed by atoms with van der Waals surface area (Å²) in [7, 11) is 0. The van der Waals surface area contributed by atoms with Gasteiger partial charge >= 0.3 is 6.18 Å². The van der Waals surface area contributed by atoms with Crippen LogP contribution in [0.4, 0.5) is 18.9 Å².